The maximum absolute atomic E-state index is 12.6. The molecule has 160 valence electrons. The first-order chi connectivity index (χ1) is 14.2. The summed E-state index contributed by atoms with van der Waals surface area (Å²) in [6, 6.07) is 9.63. The maximum atomic E-state index is 12.6. The van der Waals surface area contributed by atoms with Gasteiger partial charge in [-0.25, -0.2) is 5.43 Å². The van der Waals surface area contributed by atoms with Crippen molar-refractivity contribution in [2.45, 2.75) is 33.7 Å². The third-order valence-electron chi connectivity index (χ3n) is 4.29. The average molecular weight is 476 g/mol. The molecule has 0 saturated heterocycles. The molecule has 0 fully saturated rings. The molecular formula is C22H26BrN3O4. The molecule has 0 aliphatic carbocycles. The number of nitrogens with one attached hydrogen (secondary N) is 2. The number of benzene rings is 2. The van der Waals surface area contributed by atoms with Gasteiger partial charge >= 0.3 is 0 Å². The lowest BCUT2D eigenvalue weighted by Gasteiger charge is -2.20. The fourth-order valence-electron chi connectivity index (χ4n) is 2.64. The number of carbonyl (C=O) groups excluding carboxylic acids is 2. The standard InChI is InChI=1S/C22H26BrN3O4/c1-5-30-18-11-15(10-17(23)20(18)27)12-24-26-22(29)19(13(2)3)25-21(28)16-8-6-14(4)7-9-16/h6-13,19,27H,5H2,1-4H3,(H,25,28)(H,26,29)/b24-12+. The van der Waals surface area contributed by atoms with Gasteiger partial charge in [0.1, 0.15) is 6.04 Å². The molecule has 2 aromatic carbocycles. The normalized spacial score (nSPS) is 12.1. The van der Waals surface area contributed by atoms with Crippen molar-refractivity contribution in [1.82, 2.24) is 10.7 Å². The molecule has 0 bridgehead atoms. The lowest BCUT2D eigenvalue weighted by Crippen LogP contribution is -2.48. The highest BCUT2D eigenvalue weighted by molar-refractivity contribution is 9.10. The van der Waals surface area contributed by atoms with Gasteiger partial charge in [-0.05, 0) is 65.5 Å². The van der Waals surface area contributed by atoms with E-state index in [0.29, 0.717) is 28.0 Å². The molecule has 2 aromatic rings. The molecule has 2 amide bonds. The van der Waals surface area contributed by atoms with Gasteiger partial charge in [0.2, 0.25) is 0 Å². The van der Waals surface area contributed by atoms with Crippen molar-refractivity contribution in [1.29, 1.82) is 0 Å². The fourth-order valence-corrected chi connectivity index (χ4v) is 3.10. The summed E-state index contributed by atoms with van der Waals surface area (Å²) < 4.78 is 5.82. The minimum Gasteiger partial charge on any atom is -0.503 e. The fraction of sp³-hybridized carbons (Fsp3) is 0.318. The number of hydrazone groups is 1. The van der Waals surface area contributed by atoms with Gasteiger partial charge in [-0.3, -0.25) is 9.59 Å². The van der Waals surface area contributed by atoms with E-state index in [1.54, 1.807) is 24.3 Å². The van der Waals surface area contributed by atoms with Crippen molar-refractivity contribution >= 4 is 34.0 Å². The molecule has 1 atom stereocenters. The van der Waals surface area contributed by atoms with Gasteiger partial charge in [-0.15, -0.1) is 0 Å². The summed E-state index contributed by atoms with van der Waals surface area (Å²) in [7, 11) is 0. The number of aryl methyl sites for hydroxylation is 1. The van der Waals surface area contributed by atoms with Crippen LogP contribution in [0.4, 0.5) is 0 Å². The summed E-state index contributed by atoms with van der Waals surface area (Å²) in [4.78, 5) is 25.0. The van der Waals surface area contributed by atoms with Gasteiger partial charge < -0.3 is 15.2 Å². The smallest absolute Gasteiger partial charge is 0.262 e. The first-order valence-electron chi connectivity index (χ1n) is 9.58. The van der Waals surface area contributed by atoms with Crippen molar-refractivity contribution < 1.29 is 19.4 Å². The Hall–Kier alpha value is -2.87. The molecule has 0 aromatic heterocycles. The number of nitrogens with zero attached hydrogens (tertiary/aromatic N) is 1. The number of hydrogen-bond donors (Lipinski definition) is 3. The van der Waals surface area contributed by atoms with E-state index in [9.17, 15) is 14.7 Å². The summed E-state index contributed by atoms with van der Waals surface area (Å²) in [5.41, 5.74) is 4.61. The van der Waals surface area contributed by atoms with Crippen molar-refractivity contribution in [3.8, 4) is 11.5 Å². The minimum absolute atomic E-state index is 0.00303. The highest BCUT2D eigenvalue weighted by Crippen LogP contribution is 2.35. The third-order valence-corrected chi connectivity index (χ3v) is 4.89. The number of phenolic OH excluding ortho intramolecular Hbond substituents is 1. The van der Waals surface area contributed by atoms with E-state index < -0.39 is 11.9 Å². The molecule has 3 N–H and O–H groups in total. The third kappa shape index (κ3) is 6.32. The summed E-state index contributed by atoms with van der Waals surface area (Å²) in [5, 5.41) is 16.7. The molecule has 7 nitrogen and oxygen atoms in total. The number of halogens is 1. The van der Waals surface area contributed by atoms with Crippen molar-refractivity contribution in [3.05, 3.63) is 57.6 Å². The zero-order valence-electron chi connectivity index (χ0n) is 17.4. The topological polar surface area (TPSA) is 100 Å². The molecule has 0 heterocycles. The molecule has 30 heavy (non-hydrogen) atoms. The van der Waals surface area contributed by atoms with E-state index in [1.807, 2.05) is 39.8 Å². The Morgan fingerprint density at radius 1 is 1.23 bits per heavy atom. The molecular weight excluding hydrogens is 450 g/mol. The second-order valence-electron chi connectivity index (χ2n) is 7.08. The monoisotopic (exact) mass is 475 g/mol. The van der Waals surface area contributed by atoms with Gasteiger partial charge in [-0.1, -0.05) is 31.5 Å². The van der Waals surface area contributed by atoms with Crippen LogP contribution in [0, 0.1) is 12.8 Å². The van der Waals surface area contributed by atoms with Crippen molar-refractivity contribution in [2.24, 2.45) is 11.0 Å². The van der Waals surface area contributed by atoms with E-state index in [-0.39, 0.29) is 17.6 Å². The summed E-state index contributed by atoms with van der Waals surface area (Å²) in [6.07, 6.45) is 1.43. The summed E-state index contributed by atoms with van der Waals surface area (Å²) in [5.74, 6) is -0.579. The Labute approximate surface area is 184 Å². The first-order valence-corrected chi connectivity index (χ1v) is 10.4. The van der Waals surface area contributed by atoms with Crippen molar-refractivity contribution in [3.63, 3.8) is 0 Å². The second-order valence-corrected chi connectivity index (χ2v) is 7.93. The zero-order valence-corrected chi connectivity index (χ0v) is 19.0. The van der Waals surface area contributed by atoms with Crippen LogP contribution in [0.25, 0.3) is 0 Å². The van der Waals surface area contributed by atoms with E-state index in [0.717, 1.165) is 5.56 Å². The quantitative estimate of drug-likeness (QED) is 0.399. The first kappa shape index (κ1) is 23.4. The molecule has 0 aliphatic heterocycles. The Kier molecular flexibility index (Phi) is 8.41. The van der Waals surface area contributed by atoms with Crippen LogP contribution in [-0.2, 0) is 4.79 Å². The lowest BCUT2D eigenvalue weighted by atomic mass is 10.0. The molecule has 0 radical (unpaired) electrons. The Morgan fingerprint density at radius 3 is 2.50 bits per heavy atom. The van der Waals surface area contributed by atoms with E-state index >= 15 is 0 Å². The predicted molar refractivity (Wildman–Crippen MR) is 120 cm³/mol. The summed E-state index contributed by atoms with van der Waals surface area (Å²) in [6.45, 7) is 7.83. The average Bonchev–Trinajstić information content (AvgIpc) is 2.70. The van der Waals surface area contributed by atoms with Gasteiger partial charge in [0.25, 0.3) is 11.8 Å². The number of amides is 2. The van der Waals surface area contributed by atoms with E-state index in [2.05, 4.69) is 31.8 Å². The number of phenols is 1. The van der Waals surface area contributed by atoms with Crippen LogP contribution < -0.4 is 15.5 Å². The Morgan fingerprint density at radius 2 is 1.90 bits per heavy atom. The molecule has 0 spiro atoms. The molecule has 1 unspecified atom stereocenters. The predicted octanol–water partition coefficient (Wildman–Crippen LogP) is 3.77. The number of rotatable bonds is 8. The zero-order chi connectivity index (χ0) is 22.3. The van der Waals surface area contributed by atoms with Gasteiger partial charge in [-0.2, -0.15) is 5.10 Å². The van der Waals surface area contributed by atoms with Crippen LogP contribution in [0.1, 0.15) is 42.3 Å². The van der Waals surface area contributed by atoms with Crippen LogP contribution in [-0.4, -0.2) is 35.8 Å². The molecule has 0 aliphatic rings. The lowest BCUT2D eigenvalue weighted by molar-refractivity contribution is -0.123. The Balaban J connectivity index is 2.06. The Bertz CT molecular complexity index is 927. The van der Waals surface area contributed by atoms with E-state index in [1.165, 1.54) is 6.21 Å². The van der Waals surface area contributed by atoms with Crippen LogP contribution in [0.5, 0.6) is 11.5 Å². The molecule has 8 heteroatoms. The number of ether oxygens (including phenoxy) is 1. The molecule has 2 rings (SSSR count). The van der Waals surface area contributed by atoms with Crippen LogP contribution in [0.3, 0.4) is 0 Å². The van der Waals surface area contributed by atoms with Crippen LogP contribution in [0.2, 0.25) is 0 Å². The SMILES string of the molecule is CCOc1cc(/C=N/NC(=O)C(NC(=O)c2ccc(C)cc2)C(C)C)cc(Br)c1O. The number of aromatic hydroxyl groups is 1. The number of hydrogen-bond acceptors (Lipinski definition) is 5. The van der Waals surface area contributed by atoms with Crippen LogP contribution >= 0.6 is 15.9 Å². The largest absolute Gasteiger partial charge is 0.503 e. The highest BCUT2D eigenvalue weighted by atomic mass is 79.9. The van der Waals surface area contributed by atoms with E-state index in [4.69, 9.17) is 4.74 Å². The van der Waals surface area contributed by atoms with Crippen LogP contribution in [0.15, 0.2) is 46.0 Å². The van der Waals surface area contributed by atoms with Gasteiger partial charge in [0, 0.05) is 5.56 Å². The van der Waals surface area contributed by atoms with Gasteiger partial charge in [0.15, 0.2) is 11.5 Å². The van der Waals surface area contributed by atoms with Crippen molar-refractivity contribution in [2.75, 3.05) is 6.61 Å². The molecule has 0 saturated carbocycles. The van der Waals surface area contributed by atoms with Gasteiger partial charge in [0.05, 0.1) is 17.3 Å². The maximum Gasteiger partial charge on any atom is 0.262 e. The summed E-state index contributed by atoms with van der Waals surface area (Å²) >= 11 is 3.26. The number of carbonyl (C=O) groups is 2. The minimum atomic E-state index is -0.749. The highest BCUT2D eigenvalue weighted by Gasteiger charge is 2.24. The second kappa shape index (κ2) is 10.8.